The number of benzene rings is 1. The molecule has 2 rings (SSSR count). The molecule has 1 N–H and O–H groups in total. The number of phenols is 1. The Morgan fingerprint density at radius 3 is 2.40 bits per heavy atom. The van der Waals surface area contributed by atoms with Crippen LogP contribution in [0.25, 0.3) is 0 Å². The van der Waals surface area contributed by atoms with Crippen molar-refractivity contribution in [1.82, 2.24) is 0 Å². The van der Waals surface area contributed by atoms with E-state index in [4.69, 9.17) is 0 Å². The van der Waals surface area contributed by atoms with Gasteiger partial charge in [0.2, 0.25) is 0 Å². The third kappa shape index (κ3) is 2.94. The molecule has 1 aromatic rings. The Balaban J connectivity index is 2.39. The zero-order valence-electron chi connectivity index (χ0n) is 11.5. The molecule has 0 aromatic heterocycles. The van der Waals surface area contributed by atoms with E-state index in [1.807, 2.05) is 31.2 Å². The molecule has 20 heavy (non-hydrogen) atoms. The van der Waals surface area contributed by atoms with Crippen molar-refractivity contribution in [3.63, 3.8) is 0 Å². The van der Waals surface area contributed by atoms with E-state index in [1.165, 1.54) is 13.0 Å². The second kappa shape index (κ2) is 5.70. The molecule has 0 radical (unpaired) electrons. The van der Waals surface area contributed by atoms with E-state index in [9.17, 15) is 14.7 Å². The first-order valence-corrected chi connectivity index (χ1v) is 6.41. The Kier molecular flexibility index (Phi) is 3.99. The lowest BCUT2D eigenvalue weighted by atomic mass is 9.95. The van der Waals surface area contributed by atoms with Crippen LogP contribution in [0, 0.1) is 12.8 Å². The number of hydrogen-bond acceptors (Lipinski definition) is 3. The second-order valence-corrected chi connectivity index (χ2v) is 4.83. The van der Waals surface area contributed by atoms with E-state index in [1.54, 1.807) is 18.2 Å². The van der Waals surface area contributed by atoms with Crippen LogP contribution in [0.4, 0.5) is 0 Å². The Morgan fingerprint density at radius 1 is 1.20 bits per heavy atom. The summed E-state index contributed by atoms with van der Waals surface area (Å²) in [5, 5.41) is 9.87. The molecule has 1 aromatic carbocycles. The lowest BCUT2D eigenvalue weighted by molar-refractivity contribution is -0.113. The van der Waals surface area contributed by atoms with Crippen LogP contribution in [0.5, 0.6) is 5.75 Å². The molecule has 102 valence electrons. The van der Waals surface area contributed by atoms with Crippen molar-refractivity contribution in [2.45, 2.75) is 13.8 Å². The first kappa shape index (κ1) is 14.0. The van der Waals surface area contributed by atoms with Gasteiger partial charge in [0, 0.05) is 5.92 Å². The minimum absolute atomic E-state index is 0.0505. The van der Waals surface area contributed by atoms with Crippen molar-refractivity contribution in [2.24, 2.45) is 5.92 Å². The van der Waals surface area contributed by atoms with Crippen LogP contribution < -0.4 is 0 Å². The lowest BCUT2D eigenvalue weighted by Crippen LogP contribution is -2.12. The quantitative estimate of drug-likeness (QED) is 0.395. The van der Waals surface area contributed by atoms with Gasteiger partial charge in [0.15, 0.2) is 11.6 Å². The van der Waals surface area contributed by atoms with Crippen LogP contribution in [0.15, 0.2) is 54.2 Å². The lowest BCUT2D eigenvalue weighted by Gasteiger charge is -2.08. The third-order valence-electron chi connectivity index (χ3n) is 3.16. The van der Waals surface area contributed by atoms with Crippen molar-refractivity contribution >= 4 is 11.6 Å². The molecular weight excluding hydrogens is 252 g/mol. The normalized spacial score (nSPS) is 14.8. The molecule has 0 saturated carbocycles. The van der Waals surface area contributed by atoms with Crippen LogP contribution in [0.1, 0.15) is 22.8 Å². The molecule has 0 spiro atoms. The van der Waals surface area contributed by atoms with Crippen LogP contribution in [-0.4, -0.2) is 16.7 Å². The number of carbonyl (C=O) groups excluding carboxylic acids is 2. The highest BCUT2D eigenvalue weighted by Crippen LogP contribution is 2.23. The summed E-state index contributed by atoms with van der Waals surface area (Å²) in [6.07, 6.45) is 9.15. The van der Waals surface area contributed by atoms with E-state index in [0.717, 1.165) is 5.56 Å². The Morgan fingerprint density at radius 2 is 1.85 bits per heavy atom. The predicted molar refractivity (Wildman–Crippen MR) is 77.7 cm³/mol. The average Bonchev–Trinajstić information content (AvgIpc) is 2.87. The second-order valence-electron chi connectivity index (χ2n) is 4.83. The molecule has 0 aliphatic heterocycles. The Hall–Kier alpha value is -2.42. The van der Waals surface area contributed by atoms with Gasteiger partial charge in [-0.25, -0.2) is 0 Å². The number of aryl methyl sites for hydroxylation is 1. The van der Waals surface area contributed by atoms with E-state index in [0.29, 0.717) is 0 Å². The van der Waals surface area contributed by atoms with Crippen LogP contribution >= 0.6 is 0 Å². The molecule has 0 amide bonds. The molecule has 1 aliphatic carbocycles. The van der Waals surface area contributed by atoms with Crippen molar-refractivity contribution in [2.75, 3.05) is 0 Å². The van der Waals surface area contributed by atoms with Gasteiger partial charge in [0.25, 0.3) is 0 Å². The van der Waals surface area contributed by atoms with Gasteiger partial charge >= 0.3 is 0 Å². The SMILES string of the molecule is CC(=O)C(=CC1C=CC=C1)C(=O)c1ccc(C)cc1O. The number of aromatic hydroxyl groups is 1. The summed E-state index contributed by atoms with van der Waals surface area (Å²) in [5.74, 6) is -0.891. The summed E-state index contributed by atoms with van der Waals surface area (Å²) in [6.45, 7) is 3.18. The molecule has 0 bridgehead atoms. The first-order valence-electron chi connectivity index (χ1n) is 6.41. The van der Waals surface area contributed by atoms with Gasteiger partial charge in [-0.05, 0) is 31.5 Å². The maximum atomic E-state index is 12.4. The summed E-state index contributed by atoms with van der Waals surface area (Å²) in [4.78, 5) is 24.1. The summed E-state index contributed by atoms with van der Waals surface area (Å²) in [5.41, 5.74) is 1.11. The Bertz CT molecular complexity index is 636. The van der Waals surface area contributed by atoms with E-state index in [-0.39, 0.29) is 28.6 Å². The highest BCUT2D eigenvalue weighted by Gasteiger charge is 2.20. The number of hydrogen-bond donors (Lipinski definition) is 1. The number of rotatable bonds is 4. The molecule has 0 heterocycles. The summed E-state index contributed by atoms with van der Waals surface area (Å²) < 4.78 is 0. The molecule has 1 aliphatic rings. The number of Topliss-reactive ketones (excluding diaryl/α,β-unsaturated/α-hetero) is 2. The zero-order chi connectivity index (χ0) is 14.7. The molecule has 0 fully saturated rings. The van der Waals surface area contributed by atoms with Crippen LogP contribution in [0.2, 0.25) is 0 Å². The van der Waals surface area contributed by atoms with Crippen molar-refractivity contribution in [3.8, 4) is 5.75 Å². The van der Waals surface area contributed by atoms with Gasteiger partial charge in [0.05, 0.1) is 11.1 Å². The van der Waals surface area contributed by atoms with E-state index < -0.39 is 5.78 Å². The smallest absolute Gasteiger partial charge is 0.200 e. The maximum absolute atomic E-state index is 12.4. The molecule has 3 nitrogen and oxygen atoms in total. The van der Waals surface area contributed by atoms with E-state index >= 15 is 0 Å². The van der Waals surface area contributed by atoms with Gasteiger partial charge in [-0.15, -0.1) is 0 Å². The van der Waals surface area contributed by atoms with Gasteiger partial charge in [-0.1, -0.05) is 36.4 Å². The average molecular weight is 268 g/mol. The third-order valence-corrected chi connectivity index (χ3v) is 3.16. The Labute approximate surface area is 117 Å². The minimum atomic E-state index is -0.441. The zero-order valence-corrected chi connectivity index (χ0v) is 11.5. The highest BCUT2D eigenvalue weighted by molar-refractivity contribution is 6.26. The molecular formula is C17H16O3. The van der Waals surface area contributed by atoms with Crippen LogP contribution in [0.3, 0.4) is 0 Å². The fourth-order valence-corrected chi connectivity index (χ4v) is 2.08. The van der Waals surface area contributed by atoms with Crippen molar-refractivity contribution < 1.29 is 14.7 Å². The predicted octanol–water partition coefficient (Wildman–Crippen LogP) is 3.14. The number of ketones is 2. The highest BCUT2D eigenvalue weighted by atomic mass is 16.3. The monoisotopic (exact) mass is 268 g/mol. The van der Waals surface area contributed by atoms with Gasteiger partial charge in [0.1, 0.15) is 5.75 Å². The fourth-order valence-electron chi connectivity index (χ4n) is 2.08. The largest absolute Gasteiger partial charge is 0.507 e. The molecule has 0 saturated heterocycles. The number of phenolic OH excluding ortho intramolecular Hbond substituents is 1. The summed E-state index contributed by atoms with van der Waals surface area (Å²) in [6, 6.07) is 4.80. The first-order chi connectivity index (χ1) is 9.49. The van der Waals surface area contributed by atoms with Crippen molar-refractivity contribution in [3.05, 3.63) is 65.3 Å². The molecule has 3 heteroatoms. The minimum Gasteiger partial charge on any atom is -0.507 e. The topological polar surface area (TPSA) is 54.4 Å². The van der Waals surface area contributed by atoms with Gasteiger partial charge in [-0.3, -0.25) is 9.59 Å². The fraction of sp³-hybridized carbons (Fsp3) is 0.176. The van der Waals surface area contributed by atoms with E-state index in [2.05, 4.69) is 0 Å². The summed E-state index contributed by atoms with van der Waals surface area (Å²) >= 11 is 0. The standard InChI is InChI=1S/C17H16O3/c1-11-7-8-14(16(19)9-11)17(20)15(12(2)18)10-13-5-3-4-6-13/h3-10,13,19H,1-2H3. The van der Waals surface area contributed by atoms with Crippen molar-refractivity contribution in [1.29, 1.82) is 0 Å². The van der Waals surface area contributed by atoms with Gasteiger partial charge < -0.3 is 5.11 Å². The maximum Gasteiger partial charge on any atom is 0.200 e. The molecule has 0 atom stereocenters. The molecule has 0 unspecified atom stereocenters. The summed E-state index contributed by atoms with van der Waals surface area (Å²) in [7, 11) is 0. The van der Waals surface area contributed by atoms with Crippen LogP contribution in [-0.2, 0) is 4.79 Å². The number of allylic oxidation sites excluding steroid dienone is 6. The number of carbonyl (C=O) groups is 2. The van der Waals surface area contributed by atoms with Gasteiger partial charge in [-0.2, -0.15) is 0 Å².